The molecular formula is C13H20N2O3S. The first-order valence-electron chi connectivity index (χ1n) is 6.48. The number of ether oxygens (including phenoxy) is 1. The van der Waals surface area contributed by atoms with Gasteiger partial charge in [0.05, 0.1) is 12.3 Å². The first-order valence-corrected chi connectivity index (χ1v) is 7.92. The van der Waals surface area contributed by atoms with Crippen molar-refractivity contribution in [2.24, 2.45) is 5.92 Å². The quantitative estimate of drug-likeness (QED) is 0.834. The van der Waals surface area contributed by atoms with E-state index in [1.807, 2.05) is 0 Å². The summed E-state index contributed by atoms with van der Waals surface area (Å²) in [6.45, 7) is 2.97. The number of hydrogen-bond donors (Lipinski definition) is 1. The molecule has 0 amide bonds. The molecule has 2 rings (SSSR count). The Morgan fingerprint density at radius 3 is 2.47 bits per heavy atom. The highest BCUT2D eigenvalue weighted by Gasteiger charge is 2.21. The van der Waals surface area contributed by atoms with Crippen molar-refractivity contribution in [1.29, 1.82) is 0 Å². The highest BCUT2D eigenvalue weighted by atomic mass is 32.2. The second-order valence-corrected chi connectivity index (χ2v) is 6.58. The molecular weight excluding hydrogens is 264 g/mol. The third kappa shape index (κ3) is 4.11. The van der Waals surface area contributed by atoms with E-state index in [1.165, 1.54) is 24.2 Å². The van der Waals surface area contributed by atoms with E-state index in [4.69, 9.17) is 4.74 Å². The lowest BCUT2D eigenvalue weighted by molar-refractivity contribution is 0.300. The van der Waals surface area contributed by atoms with Crippen LogP contribution in [-0.2, 0) is 10.2 Å². The Morgan fingerprint density at radius 1 is 1.32 bits per heavy atom. The van der Waals surface area contributed by atoms with Gasteiger partial charge in [0, 0.05) is 13.6 Å². The SMILES string of the molecule is CCN(C)S(=O)(=O)Nc1ccc(OCC2CC2)cc1. The maximum atomic E-state index is 11.8. The monoisotopic (exact) mass is 284 g/mol. The fraction of sp³-hybridized carbons (Fsp3) is 0.538. The minimum absolute atomic E-state index is 0.428. The molecule has 1 N–H and O–H groups in total. The maximum Gasteiger partial charge on any atom is 0.301 e. The first-order chi connectivity index (χ1) is 9.01. The molecule has 0 heterocycles. The Morgan fingerprint density at radius 2 is 1.95 bits per heavy atom. The number of rotatable bonds is 7. The Labute approximate surface area is 114 Å². The van der Waals surface area contributed by atoms with Crippen LogP contribution in [0.3, 0.4) is 0 Å². The molecule has 0 atom stereocenters. The molecule has 0 saturated heterocycles. The van der Waals surface area contributed by atoms with Crippen molar-refractivity contribution in [2.45, 2.75) is 19.8 Å². The fourth-order valence-electron chi connectivity index (χ4n) is 1.51. The predicted octanol–water partition coefficient (Wildman–Crippen LogP) is 2.08. The molecule has 19 heavy (non-hydrogen) atoms. The van der Waals surface area contributed by atoms with Crippen molar-refractivity contribution in [3.8, 4) is 5.75 Å². The van der Waals surface area contributed by atoms with Gasteiger partial charge in [-0.3, -0.25) is 4.72 Å². The van der Waals surface area contributed by atoms with Crippen LogP contribution in [0.25, 0.3) is 0 Å². The van der Waals surface area contributed by atoms with Gasteiger partial charge in [-0.05, 0) is 43.0 Å². The van der Waals surface area contributed by atoms with E-state index in [0.29, 0.717) is 18.2 Å². The van der Waals surface area contributed by atoms with Crippen LogP contribution >= 0.6 is 0 Å². The number of nitrogens with zero attached hydrogens (tertiary/aromatic N) is 1. The minimum Gasteiger partial charge on any atom is -0.493 e. The topological polar surface area (TPSA) is 58.6 Å². The largest absolute Gasteiger partial charge is 0.493 e. The second kappa shape index (κ2) is 5.79. The molecule has 1 aromatic carbocycles. The normalized spacial score (nSPS) is 15.5. The summed E-state index contributed by atoms with van der Waals surface area (Å²) >= 11 is 0. The summed E-state index contributed by atoms with van der Waals surface area (Å²) in [4.78, 5) is 0. The van der Waals surface area contributed by atoms with E-state index in [1.54, 1.807) is 31.2 Å². The lowest BCUT2D eigenvalue weighted by Crippen LogP contribution is -2.32. The molecule has 1 saturated carbocycles. The van der Waals surface area contributed by atoms with Crippen LogP contribution in [0.2, 0.25) is 0 Å². The Hall–Kier alpha value is -1.27. The van der Waals surface area contributed by atoms with Gasteiger partial charge in [-0.2, -0.15) is 12.7 Å². The average molecular weight is 284 g/mol. The van der Waals surface area contributed by atoms with E-state index in [-0.39, 0.29) is 0 Å². The first kappa shape index (κ1) is 14.1. The molecule has 0 bridgehead atoms. The zero-order chi connectivity index (χ0) is 13.9. The van der Waals surface area contributed by atoms with Gasteiger partial charge in [0.2, 0.25) is 0 Å². The molecule has 1 fully saturated rings. The smallest absolute Gasteiger partial charge is 0.301 e. The molecule has 0 aliphatic heterocycles. The molecule has 1 aromatic rings. The molecule has 0 unspecified atom stereocenters. The van der Waals surface area contributed by atoms with Crippen molar-refractivity contribution >= 4 is 15.9 Å². The number of anilines is 1. The minimum atomic E-state index is -3.45. The van der Waals surface area contributed by atoms with Gasteiger partial charge in [-0.25, -0.2) is 0 Å². The molecule has 6 heteroatoms. The van der Waals surface area contributed by atoms with E-state index >= 15 is 0 Å². The van der Waals surface area contributed by atoms with Crippen LogP contribution in [-0.4, -0.2) is 32.9 Å². The molecule has 0 aromatic heterocycles. The average Bonchev–Trinajstić information content (AvgIpc) is 3.20. The highest BCUT2D eigenvalue weighted by molar-refractivity contribution is 7.90. The van der Waals surface area contributed by atoms with Crippen molar-refractivity contribution in [1.82, 2.24) is 4.31 Å². The van der Waals surface area contributed by atoms with Gasteiger partial charge in [-0.15, -0.1) is 0 Å². The maximum absolute atomic E-state index is 11.8. The molecule has 0 radical (unpaired) electrons. The molecule has 1 aliphatic rings. The van der Waals surface area contributed by atoms with Gasteiger partial charge < -0.3 is 4.74 Å². The Bertz CT molecular complexity index is 509. The van der Waals surface area contributed by atoms with E-state index < -0.39 is 10.2 Å². The van der Waals surface area contributed by atoms with Crippen molar-refractivity contribution in [3.63, 3.8) is 0 Å². The third-order valence-electron chi connectivity index (χ3n) is 3.14. The molecule has 0 spiro atoms. The summed E-state index contributed by atoms with van der Waals surface area (Å²) in [5.74, 6) is 1.48. The second-order valence-electron chi connectivity index (χ2n) is 4.80. The van der Waals surface area contributed by atoms with Crippen LogP contribution in [0, 0.1) is 5.92 Å². The zero-order valence-electron chi connectivity index (χ0n) is 11.3. The van der Waals surface area contributed by atoms with Gasteiger partial charge in [0.1, 0.15) is 5.75 Å². The standard InChI is InChI=1S/C13H20N2O3S/c1-3-15(2)19(16,17)14-12-6-8-13(9-7-12)18-10-11-4-5-11/h6-9,11,14H,3-5,10H2,1-2H3. The molecule has 106 valence electrons. The van der Waals surface area contributed by atoms with Crippen LogP contribution in [0.4, 0.5) is 5.69 Å². The molecule has 5 nitrogen and oxygen atoms in total. The Balaban J connectivity index is 1.93. The van der Waals surface area contributed by atoms with Crippen molar-refractivity contribution in [3.05, 3.63) is 24.3 Å². The number of benzene rings is 1. The summed E-state index contributed by atoms with van der Waals surface area (Å²) in [5, 5.41) is 0. The Kier molecular flexibility index (Phi) is 4.31. The van der Waals surface area contributed by atoms with Gasteiger partial charge >= 0.3 is 10.2 Å². The van der Waals surface area contributed by atoms with Gasteiger partial charge in [0.25, 0.3) is 0 Å². The van der Waals surface area contributed by atoms with Crippen LogP contribution in [0.1, 0.15) is 19.8 Å². The van der Waals surface area contributed by atoms with E-state index in [2.05, 4.69) is 4.72 Å². The van der Waals surface area contributed by atoms with Crippen LogP contribution < -0.4 is 9.46 Å². The van der Waals surface area contributed by atoms with Gasteiger partial charge in [0.15, 0.2) is 0 Å². The highest BCUT2D eigenvalue weighted by Crippen LogP contribution is 2.29. The lowest BCUT2D eigenvalue weighted by Gasteiger charge is -2.16. The van der Waals surface area contributed by atoms with Crippen molar-refractivity contribution < 1.29 is 13.2 Å². The van der Waals surface area contributed by atoms with Gasteiger partial charge in [-0.1, -0.05) is 6.92 Å². The van der Waals surface area contributed by atoms with E-state index in [0.717, 1.165) is 12.4 Å². The summed E-state index contributed by atoms with van der Waals surface area (Å²) in [5.41, 5.74) is 0.541. The third-order valence-corrected chi connectivity index (χ3v) is 4.71. The number of hydrogen-bond acceptors (Lipinski definition) is 3. The lowest BCUT2D eigenvalue weighted by atomic mass is 10.3. The van der Waals surface area contributed by atoms with Crippen LogP contribution in [0.5, 0.6) is 5.75 Å². The predicted molar refractivity (Wildman–Crippen MR) is 75.5 cm³/mol. The van der Waals surface area contributed by atoms with Crippen molar-refractivity contribution in [2.75, 3.05) is 24.9 Å². The fourth-order valence-corrected chi connectivity index (χ4v) is 2.44. The summed E-state index contributed by atoms with van der Waals surface area (Å²) in [6, 6.07) is 6.99. The summed E-state index contributed by atoms with van der Waals surface area (Å²) < 4.78 is 33.0. The van der Waals surface area contributed by atoms with Crippen LogP contribution in [0.15, 0.2) is 24.3 Å². The number of nitrogens with one attached hydrogen (secondary N) is 1. The summed E-state index contributed by atoms with van der Waals surface area (Å²) in [7, 11) is -1.91. The summed E-state index contributed by atoms with van der Waals surface area (Å²) in [6.07, 6.45) is 2.50. The zero-order valence-corrected chi connectivity index (χ0v) is 12.1. The van der Waals surface area contributed by atoms with E-state index in [9.17, 15) is 8.42 Å². The molecule has 1 aliphatic carbocycles.